The molecule has 2 heterocycles. The first kappa shape index (κ1) is 17.1. The summed E-state index contributed by atoms with van der Waals surface area (Å²) >= 11 is 0. The summed E-state index contributed by atoms with van der Waals surface area (Å²) in [5.41, 5.74) is 1.02. The maximum Gasteiger partial charge on any atom is 0.262 e. The smallest absolute Gasteiger partial charge is 0.262 e. The molecule has 1 fully saturated rings. The summed E-state index contributed by atoms with van der Waals surface area (Å²) in [6.07, 6.45) is 4.02. The topological polar surface area (TPSA) is 96.8 Å². The molecule has 132 valence electrons. The molecule has 3 rings (SSSR count). The highest BCUT2D eigenvalue weighted by Gasteiger charge is 2.31. The Morgan fingerprint density at radius 1 is 1.32 bits per heavy atom. The van der Waals surface area contributed by atoms with Crippen LogP contribution in [0, 0.1) is 19.8 Å². The number of Topliss-reactive ketones (excluding diaryl/α,β-unsaturated/α-hetero) is 1. The summed E-state index contributed by atoms with van der Waals surface area (Å²) < 4.78 is 1.80. The molecule has 1 atom stereocenters. The summed E-state index contributed by atoms with van der Waals surface area (Å²) in [5, 5.41) is 7.16. The fourth-order valence-electron chi connectivity index (χ4n) is 3.02. The van der Waals surface area contributed by atoms with E-state index in [0.29, 0.717) is 23.0 Å². The average Bonchev–Trinajstić information content (AvgIpc) is 3.32. The molecular formula is C18H22N4O3. The van der Waals surface area contributed by atoms with Gasteiger partial charge in [0.2, 0.25) is 0 Å². The molecule has 0 radical (unpaired) electrons. The molecule has 2 aromatic rings. The van der Waals surface area contributed by atoms with Crippen LogP contribution in [0.2, 0.25) is 0 Å². The van der Waals surface area contributed by atoms with Gasteiger partial charge in [-0.2, -0.15) is 5.10 Å². The summed E-state index contributed by atoms with van der Waals surface area (Å²) in [6.45, 7) is 6.97. The minimum absolute atomic E-state index is 0.0815. The second kappa shape index (κ2) is 6.31. The molecule has 1 aliphatic rings. The van der Waals surface area contributed by atoms with Crippen molar-refractivity contribution in [3.05, 3.63) is 45.0 Å². The van der Waals surface area contributed by atoms with Crippen LogP contribution in [0.15, 0.2) is 17.1 Å². The second-order valence-electron chi connectivity index (χ2n) is 6.76. The Morgan fingerprint density at radius 2 is 2.00 bits per heavy atom. The number of nitrogens with one attached hydrogen (secondary N) is 2. The zero-order valence-electron chi connectivity index (χ0n) is 14.8. The molecule has 2 N–H and O–H groups in total. The van der Waals surface area contributed by atoms with Crippen molar-refractivity contribution in [1.82, 2.24) is 14.8 Å². The van der Waals surface area contributed by atoms with Gasteiger partial charge in [0.1, 0.15) is 11.4 Å². The van der Waals surface area contributed by atoms with Crippen LogP contribution in [-0.2, 0) is 0 Å². The Bertz CT molecular complexity index is 906. The third-order valence-corrected chi connectivity index (χ3v) is 4.76. The Morgan fingerprint density at radius 3 is 2.60 bits per heavy atom. The monoisotopic (exact) mass is 342 g/mol. The van der Waals surface area contributed by atoms with Crippen LogP contribution < -0.4 is 10.9 Å². The molecule has 7 heteroatoms. The van der Waals surface area contributed by atoms with Gasteiger partial charge in [-0.05, 0) is 52.5 Å². The van der Waals surface area contributed by atoms with E-state index in [1.54, 1.807) is 17.8 Å². The quantitative estimate of drug-likeness (QED) is 0.816. The standard InChI is InChI=1S/C18H22N4O3/c1-9-8-19-22(11(3)13-5-6-13)16(9)21-18(25)15-7-14(12(4)23)10(2)20-17(15)24/h7-8,11,13H,5-6H2,1-4H3,(H,20,24)(H,21,25)/t11-/m0/s1. The Hall–Kier alpha value is -2.70. The summed E-state index contributed by atoms with van der Waals surface area (Å²) in [4.78, 5) is 39.1. The highest BCUT2D eigenvalue weighted by molar-refractivity contribution is 6.06. The zero-order chi connectivity index (χ0) is 18.3. The molecule has 1 aliphatic carbocycles. The van der Waals surface area contributed by atoms with Crippen LogP contribution in [0.1, 0.15) is 64.7 Å². The number of aromatic nitrogens is 3. The summed E-state index contributed by atoms with van der Waals surface area (Å²) in [5.74, 6) is 0.416. The van der Waals surface area contributed by atoms with E-state index in [1.165, 1.54) is 13.0 Å². The number of amides is 1. The van der Waals surface area contributed by atoms with Crippen LogP contribution in [0.4, 0.5) is 5.82 Å². The minimum atomic E-state index is -0.545. The highest BCUT2D eigenvalue weighted by Crippen LogP contribution is 2.40. The van der Waals surface area contributed by atoms with E-state index in [2.05, 4.69) is 22.3 Å². The highest BCUT2D eigenvalue weighted by atomic mass is 16.2. The maximum absolute atomic E-state index is 12.6. The van der Waals surface area contributed by atoms with Gasteiger partial charge in [0, 0.05) is 16.8 Å². The molecule has 0 aromatic carbocycles. The number of aromatic amines is 1. The number of hydrogen-bond donors (Lipinski definition) is 2. The third kappa shape index (κ3) is 3.26. The number of carbonyl (C=O) groups is 2. The molecule has 7 nitrogen and oxygen atoms in total. The number of ketones is 1. The van der Waals surface area contributed by atoms with E-state index in [9.17, 15) is 14.4 Å². The SMILES string of the molecule is CC(=O)c1cc(C(=O)Nc2c(C)cnn2[C@@H](C)C2CC2)c(=O)[nH]c1C. The molecule has 25 heavy (non-hydrogen) atoms. The lowest BCUT2D eigenvalue weighted by Gasteiger charge is -2.16. The lowest BCUT2D eigenvalue weighted by atomic mass is 10.1. The summed E-state index contributed by atoms with van der Waals surface area (Å²) in [6, 6.07) is 1.54. The predicted octanol–water partition coefficient (Wildman–Crippen LogP) is 2.61. The molecule has 1 saturated carbocycles. The number of nitrogens with zero attached hydrogens (tertiary/aromatic N) is 2. The number of aryl methyl sites for hydroxylation is 2. The van der Waals surface area contributed by atoms with Crippen molar-refractivity contribution >= 4 is 17.5 Å². The number of carbonyl (C=O) groups excluding carboxylic acids is 2. The van der Waals surface area contributed by atoms with Crippen molar-refractivity contribution in [3.63, 3.8) is 0 Å². The van der Waals surface area contributed by atoms with Crippen LogP contribution in [0.3, 0.4) is 0 Å². The van der Waals surface area contributed by atoms with Crippen molar-refractivity contribution in [2.45, 2.75) is 46.6 Å². The van der Waals surface area contributed by atoms with Crippen molar-refractivity contribution in [2.24, 2.45) is 5.92 Å². The number of H-pyrrole nitrogens is 1. The van der Waals surface area contributed by atoms with Crippen molar-refractivity contribution < 1.29 is 9.59 Å². The molecule has 1 amide bonds. The lowest BCUT2D eigenvalue weighted by Crippen LogP contribution is -2.27. The van der Waals surface area contributed by atoms with Gasteiger partial charge in [-0.25, -0.2) is 4.68 Å². The van der Waals surface area contributed by atoms with E-state index in [-0.39, 0.29) is 17.4 Å². The number of anilines is 1. The largest absolute Gasteiger partial charge is 0.325 e. The van der Waals surface area contributed by atoms with Gasteiger partial charge >= 0.3 is 0 Å². The molecule has 0 spiro atoms. The van der Waals surface area contributed by atoms with Gasteiger partial charge < -0.3 is 10.3 Å². The van der Waals surface area contributed by atoms with Crippen LogP contribution in [0.5, 0.6) is 0 Å². The van der Waals surface area contributed by atoms with Gasteiger partial charge in [0.15, 0.2) is 5.78 Å². The van der Waals surface area contributed by atoms with E-state index in [1.807, 2.05) is 6.92 Å². The van der Waals surface area contributed by atoms with Gasteiger partial charge in [0.05, 0.1) is 12.2 Å². The number of hydrogen-bond acceptors (Lipinski definition) is 4. The normalized spacial score (nSPS) is 15.0. The fraction of sp³-hybridized carbons (Fsp3) is 0.444. The Kier molecular flexibility index (Phi) is 4.32. The van der Waals surface area contributed by atoms with Gasteiger partial charge in [-0.3, -0.25) is 14.4 Å². The van der Waals surface area contributed by atoms with E-state index in [0.717, 1.165) is 18.4 Å². The molecule has 0 aliphatic heterocycles. The van der Waals surface area contributed by atoms with Crippen molar-refractivity contribution in [2.75, 3.05) is 5.32 Å². The van der Waals surface area contributed by atoms with Gasteiger partial charge in [-0.1, -0.05) is 0 Å². The minimum Gasteiger partial charge on any atom is -0.325 e. The number of rotatable bonds is 5. The maximum atomic E-state index is 12.6. The fourth-order valence-corrected chi connectivity index (χ4v) is 3.02. The Balaban J connectivity index is 1.93. The zero-order valence-corrected chi connectivity index (χ0v) is 14.8. The van der Waals surface area contributed by atoms with E-state index >= 15 is 0 Å². The van der Waals surface area contributed by atoms with E-state index < -0.39 is 11.5 Å². The van der Waals surface area contributed by atoms with Crippen molar-refractivity contribution in [1.29, 1.82) is 0 Å². The van der Waals surface area contributed by atoms with Crippen LogP contribution in [-0.4, -0.2) is 26.5 Å². The first-order valence-corrected chi connectivity index (χ1v) is 8.40. The first-order chi connectivity index (χ1) is 11.8. The molecule has 2 aromatic heterocycles. The number of pyridine rings is 1. The lowest BCUT2D eigenvalue weighted by molar-refractivity contribution is 0.101. The van der Waals surface area contributed by atoms with Gasteiger partial charge in [-0.15, -0.1) is 0 Å². The predicted molar refractivity (Wildman–Crippen MR) is 94.2 cm³/mol. The molecule has 0 unspecified atom stereocenters. The Labute approximate surface area is 145 Å². The molecular weight excluding hydrogens is 320 g/mol. The third-order valence-electron chi connectivity index (χ3n) is 4.76. The van der Waals surface area contributed by atoms with Crippen molar-refractivity contribution in [3.8, 4) is 0 Å². The molecule has 0 saturated heterocycles. The van der Waals surface area contributed by atoms with E-state index in [4.69, 9.17) is 0 Å². The van der Waals surface area contributed by atoms with Gasteiger partial charge in [0.25, 0.3) is 11.5 Å². The second-order valence-corrected chi connectivity index (χ2v) is 6.76. The van der Waals surface area contributed by atoms with Crippen LogP contribution >= 0.6 is 0 Å². The van der Waals surface area contributed by atoms with Crippen LogP contribution in [0.25, 0.3) is 0 Å². The molecule has 0 bridgehead atoms. The average molecular weight is 342 g/mol. The first-order valence-electron chi connectivity index (χ1n) is 8.40. The summed E-state index contributed by atoms with van der Waals surface area (Å²) in [7, 11) is 0.